The van der Waals surface area contributed by atoms with Crippen LogP contribution in [0.2, 0.25) is 0 Å². The molecule has 1 aliphatic rings. The molecule has 10 rings (SSSR count). The lowest BCUT2D eigenvalue weighted by atomic mass is 9.96. The van der Waals surface area contributed by atoms with E-state index in [2.05, 4.69) is 186 Å². The van der Waals surface area contributed by atoms with E-state index in [1.54, 1.807) is 0 Å². The number of hydrogen-bond donors (Lipinski definition) is 1. The van der Waals surface area contributed by atoms with E-state index in [0.717, 1.165) is 23.6 Å². The lowest BCUT2D eigenvalue weighted by molar-refractivity contribution is 0.878. The quantitative estimate of drug-likeness (QED) is 0.186. The first-order chi connectivity index (χ1) is 24.8. The first kappa shape index (κ1) is 28.8. The standard InChI is InChI=1S/C47H32N2S/c1-2-6-31(7-3-1)32-14-20-38(21-15-32)49(40-24-18-35-11-13-36-12-10-34-8-4-5-9-41(34)47(36)44(35)29-40)39-22-16-33(17-23-39)37-19-25-42-43-26-27-48-30-46(43)50-45(42)28-37/h1-29,48H,30H2. The first-order valence-corrected chi connectivity index (χ1v) is 17.9. The van der Waals surface area contributed by atoms with Crippen molar-refractivity contribution in [1.29, 1.82) is 0 Å². The van der Waals surface area contributed by atoms with Crippen LogP contribution in [-0.2, 0) is 6.54 Å². The van der Waals surface area contributed by atoms with Crippen LogP contribution < -0.4 is 10.2 Å². The summed E-state index contributed by atoms with van der Waals surface area (Å²) in [7, 11) is 0. The molecule has 0 radical (unpaired) electrons. The van der Waals surface area contributed by atoms with E-state index in [1.807, 2.05) is 11.3 Å². The van der Waals surface area contributed by atoms with Crippen LogP contribution in [0, 0.1) is 0 Å². The molecule has 9 aromatic rings. The molecule has 236 valence electrons. The highest BCUT2D eigenvalue weighted by Gasteiger charge is 2.17. The van der Waals surface area contributed by atoms with Crippen molar-refractivity contribution in [2.75, 3.05) is 4.90 Å². The van der Waals surface area contributed by atoms with Gasteiger partial charge in [-0.15, -0.1) is 11.3 Å². The zero-order chi connectivity index (χ0) is 33.0. The normalized spacial score (nSPS) is 12.4. The third-order valence-corrected chi connectivity index (χ3v) is 11.3. The summed E-state index contributed by atoms with van der Waals surface area (Å²) in [6.07, 6.45) is 4.26. The van der Waals surface area contributed by atoms with Gasteiger partial charge < -0.3 is 10.2 Å². The second-order valence-corrected chi connectivity index (χ2v) is 14.2. The van der Waals surface area contributed by atoms with E-state index in [1.165, 1.54) is 75.1 Å². The van der Waals surface area contributed by atoms with Crippen molar-refractivity contribution in [3.63, 3.8) is 0 Å². The largest absolute Gasteiger partial charge is 0.386 e. The summed E-state index contributed by atoms with van der Waals surface area (Å²) in [4.78, 5) is 3.79. The minimum atomic E-state index is 0.901. The molecule has 0 spiro atoms. The Kier molecular flexibility index (Phi) is 6.78. The molecule has 2 heterocycles. The Labute approximate surface area is 295 Å². The van der Waals surface area contributed by atoms with E-state index in [-0.39, 0.29) is 0 Å². The van der Waals surface area contributed by atoms with Gasteiger partial charge in [0.25, 0.3) is 0 Å². The van der Waals surface area contributed by atoms with Gasteiger partial charge in [-0.05, 0) is 115 Å². The van der Waals surface area contributed by atoms with Crippen molar-refractivity contribution in [3.8, 4) is 22.3 Å². The zero-order valence-electron chi connectivity index (χ0n) is 27.3. The molecule has 1 aromatic heterocycles. The Morgan fingerprint density at radius 1 is 0.460 bits per heavy atom. The molecule has 1 N–H and O–H groups in total. The summed E-state index contributed by atoms with van der Waals surface area (Å²) in [6, 6.07) is 60.1. The maximum atomic E-state index is 3.35. The minimum absolute atomic E-state index is 0.901. The molecule has 0 amide bonds. The maximum Gasteiger partial charge on any atom is 0.0495 e. The van der Waals surface area contributed by atoms with Crippen LogP contribution in [0.4, 0.5) is 17.1 Å². The lowest BCUT2D eigenvalue weighted by Gasteiger charge is -2.26. The van der Waals surface area contributed by atoms with Crippen molar-refractivity contribution in [1.82, 2.24) is 5.32 Å². The number of hydrogen-bond acceptors (Lipinski definition) is 3. The Bertz CT molecular complexity index is 2730. The lowest BCUT2D eigenvalue weighted by Crippen LogP contribution is -2.09. The number of anilines is 3. The number of nitrogens with one attached hydrogen (secondary N) is 1. The van der Waals surface area contributed by atoms with Crippen molar-refractivity contribution < 1.29 is 0 Å². The minimum Gasteiger partial charge on any atom is -0.386 e. The molecule has 0 saturated heterocycles. The number of benzene rings is 8. The van der Waals surface area contributed by atoms with E-state index < -0.39 is 0 Å². The molecular formula is C47H32N2S. The summed E-state index contributed by atoms with van der Waals surface area (Å²) < 4.78 is 1.33. The second kappa shape index (κ2) is 11.8. The fourth-order valence-electron chi connectivity index (χ4n) is 7.59. The van der Waals surface area contributed by atoms with Crippen LogP contribution in [0.5, 0.6) is 0 Å². The fourth-order valence-corrected chi connectivity index (χ4v) is 8.77. The monoisotopic (exact) mass is 656 g/mol. The Hall–Kier alpha value is -6.16. The Balaban J connectivity index is 1.10. The molecule has 3 heteroatoms. The van der Waals surface area contributed by atoms with E-state index in [9.17, 15) is 0 Å². The molecule has 0 atom stereocenters. The van der Waals surface area contributed by atoms with Crippen molar-refractivity contribution >= 4 is 76.9 Å². The van der Waals surface area contributed by atoms with Gasteiger partial charge in [0.05, 0.1) is 0 Å². The zero-order valence-corrected chi connectivity index (χ0v) is 28.1. The number of nitrogens with zero attached hydrogens (tertiary/aromatic N) is 1. The molecule has 50 heavy (non-hydrogen) atoms. The first-order valence-electron chi connectivity index (χ1n) is 17.1. The predicted molar refractivity (Wildman–Crippen MR) is 216 cm³/mol. The summed E-state index contributed by atoms with van der Waals surface area (Å²) in [5, 5.41) is 12.3. The van der Waals surface area contributed by atoms with Crippen molar-refractivity contribution in [3.05, 3.63) is 180 Å². The average molecular weight is 657 g/mol. The van der Waals surface area contributed by atoms with E-state index in [0.29, 0.717) is 0 Å². The summed E-state index contributed by atoms with van der Waals surface area (Å²) >= 11 is 1.89. The molecule has 0 saturated carbocycles. The maximum absolute atomic E-state index is 3.35. The average Bonchev–Trinajstić information content (AvgIpc) is 3.56. The molecule has 0 unspecified atom stereocenters. The number of rotatable bonds is 5. The van der Waals surface area contributed by atoms with Crippen LogP contribution in [0.25, 0.3) is 70.7 Å². The number of thiophene rings is 1. The van der Waals surface area contributed by atoms with Gasteiger partial charge in [0, 0.05) is 38.6 Å². The highest BCUT2D eigenvalue weighted by molar-refractivity contribution is 7.19. The highest BCUT2D eigenvalue weighted by Crippen LogP contribution is 2.41. The van der Waals surface area contributed by atoms with Gasteiger partial charge >= 0.3 is 0 Å². The number of fused-ring (bicyclic) bond motifs is 8. The summed E-state index contributed by atoms with van der Waals surface area (Å²) in [6.45, 7) is 0.901. The summed E-state index contributed by atoms with van der Waals surface area (Å²) in [5.74, 6) is 0. The van der Waals surface area contributed by atoms with E-state index >= 15 is 0 Å². The SMILES string of the molecule is C1=Cc2c(sc3cc(-c4ccc(N(c5ccc(-c6ccccc6)cc5)c5ccc6ccc7ccc8ccccc8c7c6c5)cc4)ccc23)CN1. The third-order valence-electron chi connectivity index (χ3n) is 10.1. The fraction of sp³-hybridized carbons (Fsp3) is 0.0213. The van der Waals surface area contributed by atoms with Crippen molar-refractivity contribution in [2.45, 2.75) is 6.54 Å². The van der Waals surface area contributed by atoms with Gasteiger partial charge in [-0.25, -0.2) is 0 Å². The molecule has 8 aromatic carbocycles. The van der Waals surface area contributed by atoms with Crippen LogP contribution in [0.15, 0.2) is 170 Å². The molecule has 0 bridgehead atoms. The van der Waals surface area contributed by atoms with Gasteiger partial charge in [-0.3, -0.25) is 0 Å². The molecule has 1 aliphatic heterocycles. The highest BCUT2D eigenvalue weighted by atomic mass is 32.1. The predicted octanol–water partition coefficient (Wildman–Crippen LogP) is 13.2. The van der Waals surface area contributed by atoms with Crippen LogP contribution in [0.3, 0.4) is 0 Å². The topological polar surface area (TPSA) is 15.3 Å². The van der Waals surface area contributed by atoms with Gasteiger partial charge in [0.1, 0.15) is 0 Å². The Morgan fingerprint density at radius 2 is 1.06 bits per heavy atom. The third kappa shape index (κ3) is 4.86. The molecular weight excluding hydrogens is 625 g/mol. The summed E-state index contributed by atoms with van der Waals surface area (Å²) in [5.41, 5.74) is 9.60. The van der Waals surface area contributed by atoms with Crippen LogP contribution in [0.1, 0.15) is 10.4 Å². The van der Waals surface area contributed by atoms with Gasteiger partial charge in [0.15, 0.2) is 0 Å². The van der Waals surface area contributed by atoms with Gasteiger partial charge in [-0.2, -0.15) is 0 Å². The van der Waals surface area contributed by atoms with Crippen LogP contribution in [-0.4, -0.2) is 0 Å². The molecule has 0 aliphatic carbocycles. The van der Waals surface area contributed by atoms with Gasteiger partial charge in [0.2, 0.25) is 0 Å². The molecule has 2 nitrogen and oxygen atoms in total. The van der Waals surface area contributed by atoms with Crippen molar-refractivity contribution in [2.24, 2.45) is 0 Å². The van der Waals surface area contributed by atoms with Crippen LogP contribution >= 0.6 is 11.3 Å². The van der Waals surface area contributed by atoms with Gasteiger partial charge in [-0.1, -0.05) is 121 Å². The Morgan fingerprint density at radius 3 is 1.84 bits per heavy atom. The molecule has 0 fully saturated rings. The second-order valence-electron chi connectivity index (χ2n) is 13.0. The smallest absolute Gasteiger partial charge is 0.0495 e. The van der Waals surface area contributed by atoms with E-state index in [4.69, 9.17) is 0 Å².